The van der Waals surface area contributed by atoms with Crippen LogP contribution in [-0.2, 0) is 6.18 Å². The van der Waals surface area contributed by atoms with Gasteiger partial charge in [0.2, 0.25) is 0 Å². The van der Waals surface area contributed by atoms with E-state index in [9.17, 15) is 23.4 Å². The highest BCUT2D eigenvalue weighted by molar-refractivity contribution is 5.70. The summed E-state index contributed by atoms with van der Waals surface area (Å²) in [6, 6.07) is 9.89. The van der Waals surface area contributed by atoms with Crippen LogP contribution in [0.5, 0.6) is 5.75 Å². The first-order chi connectivity index (χ1) is 10.9. The zero-order valence-corrected chi connectivity index (χ0v) is 12.0. The van der Waals surface area contributed by atoms with E-state index in [0.717, 1.165) is 6.07 Å². The van der Waals surface area contributed by atoms with E-state index < -0.39 is 17.5 Å². The number of phenols is 1. The van der Waals surface area contributed by atoms with Gasteiger partial charge >= 0.3 is 6.18 Å². The molecule has 0 amide bonds. The number of aliphatic hydroxyl groups is 1. The van der Waals surface area contributed by atoms with Crippen LogP contribution in [0, 0.1) is 0 Å². The zero-order chi connectivity index (χ0) is 16.6. The number of phenolic OH excluding ortho intramolecular Hbond substituents is 1. The Morgan fingerprint density at radius 2 is 1.65 bits per heavy atom. The maximum absolute atomic E-state index is 12.7. The number of aromatic hydroxyl groups is 1. The van der Waals surface area contributed by atoms with Gasteiger partial charge in [-0.3, -0.25) is 0 Å². The summed E-state index contributed by atoms with van der Waals surface area (Å²) in [6.45, 7) is 0.413. The molecule has 0 aliphatic carbocycles. The summed E-state index contributed by atoms with van der Waals surface area (Å²) in [6.07, 6.45) is -4.12. The Hall–Kier alpha value is -2.63. The molecule has 0 fully saturated rings. The SMILES string of the molecule is OC1=c2ccccc2=C(c2ccc(C(F)(F)F)cc2O)NCC1. The Morgan fingerprint density at radius 3 is 2.30 bits per heavy atom. The van der Waals surface area contributed by atoms with Crippen molar-refractivity contribution in [2.24, 2.45) is 0 Å². The fourth-order valence-electron chi connectivity index (χ4n) is 2.65. The lowest BCUT2D eigenvalue weighted by molar-refractivity contribution is -0.137. The summed E-state index contributed by atoms with van der Waals surface area (Å²) in [5.74, 6) is -0.256. The van der Waals surface area contributed by atoms with Crippen LogP contribution in [0.4, 0.5) is 13.2 Å². The molecule has 3 rings (SSSR count). The average Bonchev–Trinajstić information content (AvgIpc) is 2.66. The summed E-state index contributed by atoms with van der Waals surface area (Å²) in [7, 11) is 0. The Bertz CT molecular complexity index is 872. The monoisotopic (exact) mass is 321 g/mol. The van der Waals surface area contributed by atoms with E-state index in [1.807, 2.05) is 0 Å². The minimum atomic E-state index is -4.51. The molecule has 0 radical (unpaired) electrons. The molecule has 0 atom stereocenters. The van der Waals surface area contributed by atoms with Gasteiger partial charge < -0.3 is 15.5 Å². The number of fused-ring (bicyclic) bond motifs is 1. The summed E-state index contributed by atoms with van der Waals surface area (Å²) in [4.78, 5) is 0. The van der Waals surface area contributed by atoms with Crippen LogP contribution in [0.1, 0.15) is 17.5 Å². The molecule has 120 valence electrons. The first-order valence-corrected chi connectivity index (χ1v) is 7.04. The van der Waals surface area contributed by atoms with Crippen molar-refractivity contribution in [1.82, 2.24) is 5.32 Å². The van der Waals surface area contributed by atoms with Gasteiger partial charge in [0.15, 0.2) is 0 Å². The van der Waals surface area contributed by atoms with Gasteiger partial charge in [0.05, 0.1) is 11.3 Å². The maximum Gasteiger partial charge on any atom is 0.416 e. The van der Waals surface area contributed by atoms with Crippen LogP contribution in [0.25, 0.3) is 11.5 Å². The normalized spacial score (nSPS) is 14.9. The Labute approximate surface area is 130 Å². The number of rotatable bonds is 1. The van der Waals surface area contributed by atoms with Crippen LogP contribution in [0.15, 0.2) is 42.5 Å². The summed E-state index contributed by atoms with van der Waals surface area (Å²) in [5.41, 5.74) is -0.147. The Kier molecular flexibility index (Phi) is 3.67. The van der Waals surface area contributed by atoms with E-state index in [0.29, 0.717) is 35.2 Å². The van der Waals surface area contributed by atoms with E-state index in [2.05, 4.69) is 5.32 Å². The number of alkyl halides is 3. The molecule has 23 heavy (non-hydrogen) atoms. The van der Waals surface area contributed by atoms with Crippen molar-refractivity contribution >= 4 is 11.5 Å². The van der Waals surface area contributed by atoms with Crippen LogP contribution in [-0.4, -0.2) is 16.8 Å². The maximum atomic E-state index is 12.7. The first kappa shape index (κ1) is 15.3. The van der Waals surface area contributed by atoms with E-state index in [1.165, 1.54) is 6.07 Å². The van der Waals surface area contributed by atoms with Gasteiger partial charge in [0, 0.05) is 29.0 Å². The average molecular weight is 321 g/mol. The number of benzene rings is 2. The molecular formula is C17H14F3NO2. The molecule has 3 N–H and O–H groups in total. The van der Waals surface area contributed by atoms with Gasteiger partial charge in [-0.1, -0.05) is 24.3 Å². The van der Waals surface area contributed by atoms with Crippen molar-refractivity contribution in [2.75, 3.05) is 6.54 Å². The van der Waals surface area contributed by atoms with Gasteiger partial charge in [-0.25, -0.2) is 0 Å². The summed E-state index contributed by atoms with van der Waals surface area (Å²) >= 11 is 0. The highest BCUT2D eigenvalue weighted by Crippen LogP contribution is 2.33. The van der Waals surface area contributed by atoms with E-state index in [-0.39, 0.29) is 11.3 Å². The predicted octanol–water partition coefficient (Wildman–Crippen LogP) is 2.23. The Morgan fingerprint density at radius 1 is 0.957 bits per heavy atom. The third-order valence-corrected chi connectivity index (χ3v) is 3.77. The fraction of sp³-hybridized carbons (Fsp3) is 0.176. The third-order valence-electron chi connectivity index (χ3n) is 3.77. The molecule has 0 aromatic heterocycles. The van der Waals surface area contributed by atoms with Crippen LogP contribution < -0.4 is 15.8 Å². The number of hydrogen-bond acceptors (Lipinski definition) is 3. The molecular weight excluding hydrogens is 307 g/mol. The highest BCUT2D eigenvalue weighted by atomic mass is 19.4. The van der Waals surface area contributed by atoms with Crippen LogP contribution in [0.3, 0.4) is 0 Å². The molecule has 0 saturated heterocycles. The van der Waals surface area contributed by atoms with Gasteiger partial charge in [-0.2, -0.15) is 13.2 Å². The van der Waals surface area contributed by atoms with Crippen molar-refractivity contribution in [3.05, 3.63) is 64.0 Å². The molecule has 2 aromatic rings. The lowest BCUT2D eigenvalue weighted by Gasteiger charge is -2.14. The van der Waals surface area contributed by atoms with Crippen molar-refractivity contribution in [3.63, 3.8) is 0 Å². The predicted molar refractivity (Wildman–Crippen MR) is 80.0 cm³/mol. The lowest BCUT2D eigenvalue weighted by Crippen LogP contribution is -2.31. The van der Waals surface area contributed by atoms with E-state index in [4.69, 9.17) is 0 Å². The van der Waals surface area contributed by atoms with Crippen LogP contribution in [0.2, 0.25) is 0 Å². The van der Waals surface area contributed by atoms with Crippen molar-refractivity contribution in [2.45, 2.75) is 12.6 Å². The lowest BCUT2D eigenvalue weighted by atomic mass is 10.0. The van der Waals surface area contributed by atoms with E-state index >= 15 is 0 Å². The zero-order valence-electron chi connectivity index (χ0n) is 12.0. The molecule has 0 unspecified atom stereocenters. The van der Waals surface area contributed by atoms with Gasteiger partial charge in [-0.05, 0) is 18.2 Å². The number of nitrogens with one attached hydrogen (secondary N) is 1. The summed E-state index contributed by atoms with van der Waals surface area (Å²) < 4.78 is 38.2. The van der Waals surface area contributed by atoms with Crippen LogP contribution >= 0.6 is 0 Å². The van der Waals surface area contributed by atoms with Gasteiger partial charge in [-0.15, -0.1) is 0 Å². The second-order valence-corrected chi connectivity index (χ2v) is 5.27. The second kappa shape index (κ2) is 5.53. The molecule has 6 heteroatoms. The first-order valence-electron chi connectivity index (χ1n) is 7.04. The number of hydrogen-bond donors (Lipinski definition) is 3. The van der Waals surface area contributed by atoms with Crippen molar-refractivity contribution in [3.8, 4) is 5.75 Å². The molecule has 0 bridgehead atoms. The third kappa shape index (κ3) is 2.84. The quantitative estimate of drug-likeness (QED) is 0.755. The largest absolute Gasteiger partial charge is 0.512 e. The van der Waals surface area contributed by atoms with Gasteiger partial charge in [0.1, 0.15) is 11.5 Å². The standard InChI is InChI=1S/C17H14F3NO2/c18-17(19,20)10-5-6-13(15(23)9-10)16-12-4-2-1-3-11(12)14(22)7-8-21-16/h1-6,9,21-23H,7-8H2. The van der Waals surface area contributed by atoms with Crippen molar-refractivity contribution in [1.29, 1.82) is 0 Å². The summed E-state index contributed by atoms with van der Waals surface area (Å²) in [5, 5.41) is 24.5. The number of halogens is 3. The minimum absolute atomic E-state index is 0.203. The minimum Gasteiger partial charge on any atom is -0.512 e. The fourth-order valence-corrected chi connectivity index (χ4v) is 2.65. The van der Waals surface area contributed by atoms with E-state index in [1.54, 1.807) is 24.3 Å². The van der Waals surface area contributed by atoms with Gasteiger partial charge in [0.25, 0.3) is 0 Å². The molecule has 0 saturated carbocycles. The second-order valence-electron chi connectivity index (χ2n) is 5.27. The number of aliphatic hydroxyl groups excluding tert-OH is 1. The molecule has 0 spiro atoms. The molecule has 3 nitrogen and oxygen atoms in total. The molecule has 2 aromatic carbocycles. The highest BCUT2D eigenvalue weighted by Gasteiger charge is 2.31. The molecule has 1 aliphatic heterocycles. The molecule has 1 heterocycles. The smallest absolute Gasteiger partial charge is 0.416 e. The topological polar surface area (TPSA) is 52.5 Å². The molecule has 1 aliphatic rings. The Balaban J connectivity index is 2.27. The van der Waals surface area contributed by atoms with Crippen molar-refractivity contribution < 1.29 is 23.4 Å².